The predicted molar refractivity (Wildman–Crippen MR) is 131 cm³/mol. The maximum absolute atomic E-state index is 12.3. The van der Waals surface area contributed by atoms with E-state index in [9.17, 15) is 14.4 Å². The lowest BCUT2D eigenvalue weighted by Gasteiger charge is -2.21. The van der Waals surface area contributed by atoms with E-state index < -0.39 is 11.2 Å². The number of thioether (sulfide) groups is 1. The highest BCUT2D eigenvalue weighted by Crippen LogP contribution is 2.28. The highest BCUT2D eigenvalue weighted by molar-refractivity contribution is 8.03. The number of carbonyl (C=O) groups is 1. The number of nitrogens with zero attached hydrogens (tertiary/aromatic N) is 3. The first-order valence-electron chi connectivity index (χ1n) is 9.88. The number of likely N-dealkylation sites (N-methyl/N-ethyl adjacent to an activating group) is 1. The van der Waals surface area contributed by atoms with Crippen LogP contribution in [0.1, 0.15) is 6.42 Å². The fourth-order valence-corrected chi connectivity index (χ4v) is 4.24. The van der Waals surface area contributed by atoms with E-state index in [0.717, 1.165) is 26.2 Å². The molecule has 12 heteroatoms. The van der Waals surface area contributed by atoms with Crippen LogP contribution in [0.25, 0.3) is 0 Å². The summed E-state index contributed by atoms with van der Waals surface area (Å²) in [5, 5.41) is 6.21. The Hall–Kier alpha value is -2.63. The molecule has 1 aromatic rings. The van der Waals surface area contributed by atoms with E-state index in [-0.39, 0.29) is 29.9 Å². The number of amides is 1. The fourth-order valence-electron chi connectivity index (χ4n) is 3.00. The van der Waals surface area contributed by atoms with Crippen LogP contribution in [0.15, 0.2) is 43.5 Å². The van der Waals surface area contributed by atoms with Crippen molar-refractivity contribution in [2.45, 2.75) is 6.42 Å². The molecule has 1 atom stereocenters. The molecule has 0 aromatic carbocycles. The normalized spacial score (nSPS) is 16.6. The Morgan fingerprint density at radius 3 is 2.59 bits per heavy atom. The van der Waals surface area contributed by atoms with Gasteiger partial charge in [0.2, 0.25) is 5.91 Å². The molecule has 0 fully saturated rings. The molecule has 1 heterocycles. The molecule has 1 unspecified atom stereocenters. The van der Waals surface area contributed by atoms with E-state index in [0.29, 0.717) is 17.5 Å². The molecule has 1 amide bonds. The average molecular weight is 484 g/mol. The SMILES string of the molecule is CN(C)C/C(SCNC(=O)CNc1c(N)n(C)c(=O)n(C)c1=O)=C(/N)C1C=CC(Cl)=CC1. The molecule has 0 saturated carbocycles. The number of carbonyl (C=O) groups excluding carboxylic acids is 1. The van der Waals surface area contributed by atoms with Gasteiger partial charge in [-0.2, -0.15) is 0 Å². The van der Waals surface area contributed by atoms with Crippen LogP contribution in [0.5, 0.6) is 0 Å². The summed E-state index contributed by atoms with van der Waals surface area (Å²) in [6, 6.07) is 0. The second-order valence-electron chi connectivity index (χ2n) is 7.61. The van der Waals surface area contributed by atoms with Gasteiger partial charge in [-0.15, -0.1) is 11.8 Å². The van der Waals surface area contributed by atoms with Gasteiger partial charge in [0.1, 0.15) is 11.5 Å². The number of nitrogens with one attached hydrogen (secondary N) is 2. The average Bonchev–Trinajstić information content (AvgIpc) is 2.75. The predicted octanol–water partition coefficient (Wildman–Crippen LogP) is 0.316. The Morgan fingerprint density at radius 1 is 1.31 bits per heavy atom. The summed E-state index contributed by atoms with van der Waals surface area (Å²) in [6.45, 7) is 0.464. The van der Waals surface area contributed by atoms with Crippen molar-refractivity contribution in [3.05, 3.63) is 54.7 Å². The Bertz CT molecular complexity index is 1070. The van der Waals surface area contributed by atoms with Crippen molar-refractivity contribution in [3.8, 4) is 0 Å². The lowest BCUT2D eigenvalue weighted by atomic mass is 9.97. The molecule has 0 aliphatic heterocycles. The van der Waals surface area contributed by atoms with Crippen LogP contribution in [-0.4, -0.2) is 53.0 Å². The molecule has 1 aliphatic rings. The Balaban J connectivity index is 1.98. The van der Waals surface area contributed by atoms with Gasteiger partial charge in [0.25, 0.3) is 5.56 Å². The van der Waals surface area contributed by atoms with Gasteiger partial charge in [0.15, 0.2) is 0 Å². The second-order valence-corrected chi connectivity index (χ2v) is 9.12. The number of hydrogen-bond donors (Lipinski definition) is 4. The van der Waals surface area contributed by atoms with E-state index in [2.05, 4.69) is 10.6 Å². The summed E-state index contributed by atoms with van der Waals surface area (Å²) in [5.41, 5.74) is 11.9. The van der Waals surface area contributed by atoms with Crippen LogP contribution in [0.4, 0.5) is 11.5 Å². The van der Waals surface area contributed by atoms with Crippen LogP contribution in [0.3, 0.4) is 0 Å². The third-order valence-corrected chi connectivity index (χ3v) is 6.17. The van der Waals surface area contributed by atoms with Gasteiger partial charge in [-0.05, 0) is 26.6 Å². The summed E-state index contributed by atoms with van der Waals surface area (Å²) in [7, 11) is 6.69. The van der Waals surface area contributed by atoms with Crippen LogP contribution >= 0.6 is 23.4 Å². The third-order valence-electron chi connectivity index (χ3n) is 4.89. The Kier molecular flexibility index (Phi) is 9.05. The lowest BCUT2D eigenvalue weighted by Crippen LogP contribution is -2.40. The molecule has 2 rings (SSSR count). The van der Waals surface area contributed by atoms with Gasteiger partial charge < -0.3 is 27.0 Å². The molecular weight excluding hydrogens is 454 g/mol. The first kappa shape index (κ1) is 25.6. The molecule has 0 radical (unpaired) electrons. The summed E-state index contributed by atoms with van der Waals surface area (Å²) < 4.78 is 2.07. The van der Waals surface area contributed by atoms with Gasteiger partial charge in [-0.1, -0.05) is 23.8 Å². The number of halogens is 1. The Labute approximate surface area is 196 Å². The van der Waals surface area contributed by atoms with Gasteiger partial charge in [-0.25, -0.2) is 4.79 Å². The first-order valence-corrected chi connectivity index (χ1v) is 11.2. The smallest absolute Gasteiger partial charge is 0.332 e. The maximum atomic E-state index is 12.3. The molecule has 1 aromatic heterocycles. The molecular formula is C20H30ClN7O3S. The minimum Gasteiger partial charge on any atom is -0.401 e. The standard InChI is InChI=1S/C20H30ClN7O3S/c1-26(2)10-14(16(22)12-5-7-13(21)8-6-12)32-11-25-15(29)9-24-17-18(23)27(3)20(31)28(4)19(17)30/h5,7-8,12,24H,6,9-11,22-23H2,1-4H3,(H,25,29)/b16-14-. The fraction of sp³-hybridized carbons (Fsp3) is 0.450. The van der Waals surface area contributed by atoms with Crippen molar-refractivity contribution in [2.75, 3.05) is 44.1 Å². The molecule has 176 valence electrons. The van der Waals surface area contributed by atoms with E-state index in [1.165, 1.54) is 25.9 Å². The minimum atomic E-state index is -0.591. The minimum absolute atomic E-state index is 0.00522. The molecule has 1 aliphatic carbocycles. The molecule has 0 saturated heterocycles. The number of nitrogens with two attached hydrogens (primary N) is 2. The Morgan fingerprint density at radius 2 is 2.00 bits per heavy atom. The number of anilines is 2. The number of aromatic nitrogens is 2. The number of hydrogen-bond acceptors (Lipinski definition) is 8. The summed E-state index contributed by atoms with van der Waals surface area (Å²) in [5.74, 6) is 0.00101. The number of nitrogen functional groups attached to an aromatic ring is 1. The zero-order chi connectivity index (χ0) is 24.0. The van der Waals surface area contributed by atoms with Gasteiger partial charge in [0.05, 0.1) is 12.4 Å². The van der Waals surface area contributed by atoms with Crippen molar-refractivity contribution in [1.29, 1.82) is 0 Å². The van der Waals surface area contributed by atoms with Gasteiger partial charge >= 0.3 is 5.69 Å². The zero-order valence-electron chi connectivity index (χ0n) is 18.6. The number of allylic oxidation sites excluding steroid dienone is 4. The highest BCUT2D eigenvalue weighted by atomic mass is 35.5. The van der Waals surface area contributed by atoms with E-state index in [1.807, 2.05) is 37.2 Å². The van der Waals surface area contributed by atoms with Crippen molar-refractivity contribution >= 4 is 40.8 Å². The topological polar surface area (TPSA) is 140 Å². The molecule has 6 N–H and O–H groups in total. The molecule has 0 spiro atoms. The maximum Gasteiger partial charge on any atom is 0.332 e. The van der Waals surface area contributed by atoms with Crippen molar-refractivity contribution in [1.82, 2.24) is 19.4 Å². The highest BCUT2D eigenvalue weighted by Gasteiger charge is 2.17. The summed E-state index contributed by atoms with van der Waals surface area (Å²) >= 11 is 7.44. The summed E-state index contributed by atoms with van der Waals surface area (Å²) in [6.07, 6.45) is 6.47. The number of rotatable bonds is 9. The van der Waals surface area contributed by atoms with Crippen molar-refractivity contribution in [3.63, 3.8) is 0 Å². The summed E-state index contributed by atoms with van der Waals surface area (Å²) in [4.78, 5) is 39.4. The molecule has 10 nitrogen and oxygen atoms in total. The van der Waals surface area contributed by atoms with Crippen molar-refractivity contribution in [2.24, 2.45) is 25.7 Å². The van der Waals surface area contributed by atoms with Gasteiger partial charge in [-0.3, -0.25) is 18.7 Å². The largest absolute Gasteiger partial charge is 0.401 e. The first-order chi connectivity index (χ1) is 15.0. The third kappa shape index (κ3) is 6.44. The monoisotopic (exact) mass is 483 g/mol. The lowest BCUT2D eigenvalue weighted by molar-refractivity contribution is -0.119. The van der Waals surface area contributed by atoms with Crippen LogP contribution in [0, 0.1) is 5.92 Å². The quantitative estimate of drug-likeness (QED) is 0.368. The van der Waals surface area contributed by atoms with E-state index in [4.69, 9.17) is 23.1 Å². The van der Waals surface area contributed by atoms with E-state index in [1.54, 1.807) is 0 Å². The van der Waals surface area contributed by atoms with Crippen molar-refractivity contribution < 1.29 is 4.79 Å². The van der Waals surface area contributed by atoms with Crippen LogP contribution < -0.4 is 33.3 Å². The van der Waals surface area contributed by atoms with E-state index >= 15 is 0 Å². The molecule has 32 heavy (non-hydrogen) atoms. The molecule has 0 bridgehead atoms. The zero-order valence-corrected chi connectivity index (χ0v) is 20.2. The van der Waals surface area contributed by atoms with Crippen LogP contribution in [-0.2, 0) is 18.9 Å². The second kappa shape index (κ2) is 11.3. The van der Waals surface area contributed by atoms with Crippen LogP contribution in [0.2, 0.25) is 0 Å². The van der Waals surface area contributed by atoms with Gasteiger partial charge in [0, 0.05) is 42.2 Å².